The summed E-state index contributed by atoms with van der Waals surface area (Å²) in [7, 11) is -0.360. The molecule has 0 aromatic heterocycles. The Morgan fingerprint density at radius 2 is 1.61 bits per heavy atom. The number of benzene rings is 1. The number of phosphoric acid groups is 1. The van der Waals surface area contributed by atoms with Crippen molar-refractivity contribution in [1.29, 1.82) is 0 Å². The van der Waals surface area contributed by atoms with Gasteiger partial charge < -0.3 is 14.4 Å². The van der Waals surface area contributed by atoms with E-state index in [-0.39, 0.29) is 5.75 Å². The monoisotopic (exact) mass is 480 g/mol. The van der Waals surface area contributed by atoms with Crippen LogP contribution in [0.5, 0.6) is 5.75 Å². The zero-order valence-electron chi connectivity index (χ0n) is 18.9. The van der Waals surface area contributed by atoms with E-state index in [0.29, 0.717) is 17.4 Å². The molecular formula is C23H29O9P. The van der Waals surface area contributed by atoms with Crippen LogP contribution >= 0.6 is 7.82 Å². The highest BCUT2D eigenvalue weighted by Crippen LogP contribution is 2.58. The highest BCUT2D eigenvalue weighted by Gasteiger charge is 2.46. The Kier molecular flexibility index (Phi) is 7.26. The van der Waals surface area contributed by atoms with Crippen LogP contribution in [0.4, 0.5) is 0 Å². The lowest BCUT2D eigenvalue weighted by Gasteiger charge is -2.51. The molecule has 33 heavy (non-hydrogen) atoms. The van der Waals surface area contributed by atoms with Crippen molar-refractivity contribution in [3.8, 4) is 5.75 Å². The van der Waals surface area contributed by atoms with Gasteiger partial charge in [-0.05, 0) is 73.5 Å². The highest BCUT2D eigenvalue weighted by molar-refractivity contribution is 7.48. The normalized spacial score (nSPS) is 26.1. The molecule has 1 aromatic rings. The van der Waals surface area contributed by atoms with Crippen LogP contribution in [0.3, 0.4) is 0 Å². The van der Waals surface area contributed by atoms with Crippen LogP contribution in [0.1, 0.15) is 43.2 Å². The Labute approximate surface area is 192 Å². The van der Waals surface area contributed by atoms with Crippen LogP contribution in [-0.4, -0.2) is 32.4 Å². The smallest absolute Gasteiger partial charge is 0.496 e. The maximum absolute atomic E-state index is 12.8. The second kappa shape index (κ2) is 9.99. The van der Waals surface area contributed by atoms with Crippen LogP contribution in [0.25, 0.3) is 11.8 Å². The summed E-state index contributed by atoms with van der Waals surface area (Å²) < 4.78 is 33.6. The summed E-state index contributed by atoms with van der Waals surface area (Å²) in [6, 6.07) is 5.15. The highest BCUT2D eigenvalue weighted by atomic mass is 31.2. The molecule has 0 spiro atoms. The van der Waals surface area contributed by atoms with Gasteiger partial charge in [-0.1, -0.05) is 12.1 Å². The largest absolute Gasteiger partial charge is 0.585 e. The van der Waals surface area contributed by atoms with Crippen molar-refractivity contribution in [2.75, 3.05) is 21.3 Å². The van der Waals surface area contributed by atoms with E-state index in [9.17, 15) is 9.36 Å². The molecule has 0 radical (unpaired) electrons. The lowest BCUT2D eigenvalue weighted by molar-refractivity contribution is -0.253. The van der Waals surface area contributed by atoms with E-state index in [1.165, 1.54) is 43.8 Å². The molecule has 5 rings (SSSR count). The summed E-state index contributed by atoms with van der Waals surface area (Å²) in [5, 5.41) is 9.04. The molecule has 4 saturated carbocycles. The minimum atomic E-state index is -4.31. The fourth-order valence-electron chi connectivity index (χ4n) is 5.86. The number of carbonyl (C=O) groups is 1. The van der Waals surface area contributed by atoms with E-state index in [4.69, 9.17) is 14.4 Å². The predicted molar refractivity (Wildman–Crippen MR) is 119 cm³/mol. The Balaban J connectivity index is 1.75. The van der Waals surface area contributed by atoms with E-state index in [1.54, 1.807) is 19.2 Å². The number of hydrogen-bond donors (Lipinski definition) is 1. The fourth-order valence-corrected chi connectivity index (χ4v) is 6.71. The first kappa shape index (κ1) is 24.0. The van der Waals surface area contributed by atoms with E-state index in [2.05, 4.69) is 19.1 Å². The van der Waals surface area contributed by atoms with Gasteiger partial charge in [-0.2, -0.15) is 0 Å². The minimum absolute atomic E-state index is 0.0707. The van der Waals surface area contributed by atoms with Gasteiger partial charge in [0.05, 0.1) is 21.3 Å². The third kappa shape index (κ3) is 5.18. The maximum atomic E-state index is 12.8. The summed E-state index contributed by atoms with van der Waals surface area (Å²) in [5.74, 6) is 2.35. The second-order valence-corrected chi connectivity index (χ2v) is 10.1. The van der Waals surface area contributed by atoms with Crippen LogP contribution in [0.2, 0.25) is 0 Å². The Bertz CT molecular complexity index is 960. The van der Waals surface area contributed by atoms with Gasteiger partial charge >= 0.3 is 13.8 Å². The van der Waals surface area contributed by atoms with Crippen molar-refractivity contribution < 1.29 is 42.9 Å². The average Bonchev–Trinajstić information content (AvgIpc) is 2.75. The minimum Gasteiger partial charge on any atom is -0.496 e. The standard InChI is InChI=1S/C23H29O9P/c1-27-23(22-18-9-14-8-15(11-18)12-19(22)10-14)17-5-4-16(6-7-21(24)25)20(13-17)30-33(26,31-28-2)32-29-3/h4-7,13-15,18-19H,8-12H2,1-3H3,(H,24,25)/b7-6+,23-22?. The Hall–Kier alpha value is -2.16. The molecule has 9 nitrogen and oxygen atoms in total. The van der Waals surface area contributed by atoms with Gasteiger partial charge in [0.25, 0.3) is 0 Å². The third-order valence-electron chi connectivity index (χ3n) is 6.71. The average molecular weight is 480 g/mol. The van der Waals surface area contributed by atoms with Crippen molar-refractivity contribution in [2.24, 2.45) is 23.7 Å². The van der Waals surface area contributed by atoms with E-state index >= 15 is 0 Å². The van der Waals surface area contributed by atoms with Gasteiger partial charge in [-0.3, -0.25) is 0 Å². The SMILES string of the molecule is COOP(=O)(OOC)Oc1cc(C(OC)=C2C3CC4CC(C3)CC2C4)ccc1/C=C/C(=O)O. The number of rotatable bonds is 10. The van der Waals surface area contributed by atoms with Gasteiger partial charge in [-0.15, -0.1) is 9.35 Å². The Morgan fingerprint density at radius 1 is 1.00 bits per heavy atom. The molecule has 4 aliphatic rings. The molecule has 0 amide bonds. The van der Waals surface area contributed by atoms with Crippen molar-refractivity contribution >= 4 is 25.6 Å². The lowest BCUT2D eigenvalue weighted by Crippen LogP contribution is -2.40. The first-order valence-corrected chi connectivity index (χ1v) is 12.4. The molecular weight excluding hydrogens is 451 g/mol. The van der Waals surface area contributed by atoms with Crippen molar-refractivity contribution in [3.63, 3.8) is 0 Å². The van der Waals surface area contributed by atoms with E-state index < -0.39 is 13.8 Å². The molecule has 0 aliphatic heterocycles. The first-order valence-electron chi connectivity index (χ1n) is 10.9. The van der Waals surface area contributed by atoms with Gasteiger partial charge in [-0.25, -0.2) is 19.1 Å². The second-order valence-electron chi connectivity index (χ2n) is 8.74. The molecule has 0 saturated heterocycles. The van der Waals surface area contributed by atoms with Crippen molar-refractivity contribution in [3.05, 3.63) is 41.0 Å². The number of methoxy groups -OCH3 is 1. The summed E-state index contributed by atoms with van der Waals surface area (Å²) >= 11 is 0. The number of carboxylic acids is 1. The summed E-state index contributed by atoms with van der Waals surface area (Å²) in [4.78, 5) is 20.0. The third-order valence-corrected chi connectivity index (χ3v) is 7.79. The molecule has 10 heteroatoms. The number of hydrogen-bond acceptors (Lipinski definition) is 8. The quantitative estimate of drug-likeness (QED) is 0.158. The van der Waals surface area contributed by atoms with Crippen LogP contribution < -0.4 is 4.52 Å². The first-order chi connectivity index (χ1) is 15.9. The lowest BCUT2D eigenvalue weighted by atomic mass is 9.54. The molecule has 4 aliphatic carbocycles. The Morgan fingerprint density at radius 3 is 2.12 bits per heavy atom. The number of allylic oxidation sites excluding steroid dienone is 1. The van der Waals surface area contributed by atoms with Crippen LogP contribution in [0, 0.1) is 23.7 Å². The van der Waals surface area contributed by atoms with Crippen LogP contribution in [0.15, 0.2) is 29.8 Å². The van der Waals surface area contributed by atoms with Crippen LogP contribution in [-0.2, 0) is 33.2 Å². The molecule has 180 valence electrons. The number of carboxylic acid groups (broad SMARTS) is 1. The molecule has 1 aromatic carbocycles. The molecule has 1 N–H and O–H groups in total. The van der Waals surface area contributed by atoms with Gasteiger partial charge in [0.1, 0.15) is 11.5 Å². The molecule has 4 fully saturated rings. The number of aliphatic carboxylic acids is 1. The number of ether oxygens (including phenoxy) is 1. The molecule has 4 bridgehead atoms. The van der Waals surface area contributed by atoms with Gasteiger partial charge in [0, 0.05) is 17.2 Å². The summed E-state index contributed by atoms with van der Waals surface area (Å²) in [6.45, 7) is 0. The topological polar surface area (TPSA) is 110 Å². The predicted octanol–water partition coefficient (Wildman–Crippen LogP) is 5.24. The van der Waals surface area contributed by atoms with Crippen molar-refractivity contribution in [2.45, 2.75) is 32.1 Å². The zero-order chi connectivity index (χ0) is 23.6. The van der Waals surface area contributed by atoms with Gasteiger partial charge in [0.15, 0.2) is 0 Å². The fraction of sp³-hybridized carbons (Fsp3) is 0.522. The molecule has 0 atom stereocenters. The van der Waals surface area contributed by atoms with E-state index in [1.807, 2.05) is 6.07 Å². The van der Waals surface area contributed by atoms with Crippen molar-refractivity contribution in [1.82, 2.24) is 0 Å². The summed E-state index contributed by atoms with van der Waals surface area (Å²) in [5.41, 5.74) is 2.43. The molecule has 0 heterocycles. The summed E-state index contributed by atoms with van der Waals surface area (Å²) in [6.07, 6.45) is 8.39. The molecule has 0 unspecified atom stereocenters. The van der Waals surface area contributed by atoms with E-state index in [0.717, 1.165) is 43.5 Å². The zero-order valence-corrected chi connectivity index (χ0v) is 19.8. The maximum Gasteiger partial charge on any atom is 0.585 e. The van der Waals surface area contributed by atoms with Gasteiger partial charge in [0.2, 0.25) is 0 Å².